The molecule has 0 aliphatic carbocycles. The lowest BCUT2D eigenvalue weighted by atomic mass is 10.2. The molecule has 6 heteroatoms. The van der Waals surface area contributed by atoms with Crippen molar-refractivity contribution >= 4 is 0 Å². The first kappa shape index (κ1) is 16.1. The minimum Gasteiger partial charge on any atom is -0.497 e. The molecule has 0 aliphatic heterocycles. The number of hydrogen-bond donors (Lipinski definition) is 0. The van der Waals surface area contributed by atoms with Crippen molar-refractivity contribution in [3.8, 4) is 17.0 Å². The molecule has 0 N–H and O–H groups in total. The van der Waals surface area contributed by atoms with Gasteiger partial charge < -0.3 is 9.30 Å². The molecule has 0 bridgehead atoms. The Balaban J connectivity index is 1.45. The minimum atomic E-state index is 0.711. The molecule has 3 heterocycles. The number of nitrogens with zero attached hydrogens (tertiary/aromatic N) is 5. The van der Waals surface area contributed by atoms with E-state index in [9.17, 15) is 0 Å². The fourth-order valence-corrected chi connectivity index (χ4v) is 2.78. The van der Waals surface area contributed by atoms with E-state index < -0.39 is 0 Å². The zero-order chi connectivity index (χ0) is 17.8. The Hall–Kier alpha value is -3.41. The first-order valence-electron chi connectivity index (χ1n) is 8.36. The van der Waals surface area contributed by atoms with Crippen molar-refractivity contribution in [2.24, 2.45) is 0 Å². The van der Waals surface area contributed by atoms with E-state index in [1.54, 1.807) is 19.6 Å². The van der Waals surface area contributed by atoms with Crippen molar-refractivity contribution in [2.75, 3.05) is 7.11 Å². The lowest BCUT2D eigenvalue weighted by molar-refractivity contribution is 0.414. The van der Waals surface area contributed by atoms with Gasteiger partial charge in [-0.15, -0.1) is 0 Å². The van der Waals surface area contributed by atoms with Crippen molar-refractivity contribution < 1.29 is 4.74 Å². The van der Waals surface area contributed by atoms with Crippen LogP contribution >= 0.6 is 0 Å². The second-order valence-electron chi connectivity index (χ2n) is 6.06. The summed E-state index contributed by atoms with van der Waals surface area (Å²) in [5.74, 6) is 0.856. The third kappa shape index (κ3) is 3.64. The highest BCUT2D eigenvalue weighted by atomic mass is 16.5. The average molecular weight is 345 g/mol. The number of benzene rings is 1. The Morgan fingerprint density at radius 2 is 1.81 bits per heavy atom. The van der Waals surface area contributed by atoms with Crippen LogP contribution in [0.25, 0.3) is 11.3 Å². The summed E-state index contributed by atoms with van der Waals surface area (Å²) in [6.07, 6.45) is 11.3. The van der Waals surface area contributed by atoms with Gasteiger partial charge in [-0.2, -0.15) is 5.10 Å². The summed E-state index contributed by atoms with van der Waals surface area (Å²) in [6.45, 7) is 1.48. The van der Waals surface area contributed by atoms with Gasteiger partial charge in [-0.1, -0.05) is 18.2 Å². The number of ether oxygens (including phenoxy) is 1. The normalized spacial score (nSPS) is 10.8. The third-order valence-electron chi connectivity index (χ3n) is 4.18. The smallest absolute Gasteiger partial charge is 0.118 e. The van der Waals surface area contributed by atoms with Gasteiger partial charge in [-0.3, -0.25) is 9.67 Å². The fraction of sp³-hybridized carbons (Fsp3) is 0.150. The Labute approximate surface area is 151 Å². The van der Waals surface area contributed by atoms with Gasteiger partial charge in [0.1, 0.15) is 5.75 Å². The number of pyridine rings is 1. The van der Waals surface area contributed by atoms with Crippen LogP contribution in [0, 0.1) is 0 Å². The molecule has 0 spiro atoms. The first-order valence-corrected chi connectivity index (χ1v) is 8.36. The van der Waals surface area contributed by atoms with E-state index in [0.717, 1.165) is 29.1 Å². The second-order valence-corrected chi connectivity index (χ2v) is 6.06. The van der Waals surface area contributed by atoms with Crippen molar-refractivity contribution in [3.63, 3.8) is 0 Å². The second kappa shape index (κ2) is 7.23. The summed E-state index contributed by atoms with van der Waals surface area (Å²) in [7, 11) is 1.67. The molecular weight excluding hydrogens is 326 g/mol. The summed E-state index contributed by atoms with van der Waals surface area (Å²) in [5.41, 5.74) is 4.23. The maximum Gasteiger partial charge on any atom is 0.118 e. The molecule has 4 aromatic rings. The number of rotatable bonds is 6. The summed E-state index contributed by atoms with van der Waals surface area (Å²) in [5, 5.41) is 4.45. The summed E-state index contributed by atoms with van der Waals surface area (Å²) < 4.78 is 9.12. The summed E-state index contributed by atoms with van der Waals surface area (Å²) >= 11 is 0. The molecule has 0 aliphatic rings. The van der Waals surface area contributed by atoms with Crippen LogP contribution in [-0.4, -0.2) is 31.4 Å². The lowest BCUT2D eigenvalue weighted by Gasteiger charge is -2.04. The number of hydrogen-bond acceptors (Lipinski definition) is 4. The highest BCUT2D eigenvalue weighted by Gasteiger charge is 2.05. The van der Waals surface area contributed by atoms with E-state index in [2.05, 4.69) is 21.1 Å². The minimum absolute atomic E-state index is 0.711. The van der Waals surface area contributed by atoms with Crippen LogP contribution in [0.2, 0.25) is 0 Å². The molecule has 3 aromatic heterocycles. The maximum absolute atomic E-state index is 5.19. The van der Waals surface area contributed by atoms with E-state index in [0.29, 0.717) is 6.54 Å². The van der Waals surface area contributed by atoms with Gasteiger partial charge in [0.25, 0.3) is 0 Å². The largest absolute Gasteiger partial charge is 0.497 e. The highest BCUT2D eigenvalue weighted by Crippen LogP contribution is 2.18. The van der Waals surface area contributed by atoms with Crippen LogP contribution in [0.5, 0.6) is 5.75 Å². The molecule has 0 atom stereocenters. The van der Waals surface area contributed by atoms with E-state index in [1.165, 1.54) is 5.56 Å². The van der Waals surface area contributed by atoms with E-state index >= 15 is 0 Å². The molecule has 0 saturated carbocycles. The Morgan fingerprint density at radius 3 is 2.50 bits per heavy atom. The maximum atomic E-state index is 5.19. The molecular formula is C20H19N5O. The lowest BCUT2D eigenvalue weighted by Crippen LogP contribution is -1.99. The van der Waals surface area contributed by atoms with Crippen LogP contribution in [0.1, 0.15) is 11.1 Å². The molecule has 0 fully saturated rings. The Bertz CT molecular complexity index is 956. The van der Waals surface area contributed by atoms with Gasteiger partial charge in [0.2, 0.25) is 0 Å². The van der Waals surface area contributed by atoms with Gasteiger partial charge in [0.05, 0.1) is 31.9 Å². The van der Waals surface area contributed by atoms with Crippen molar-refractivity contribution in [2.45, 2.75) is 13.1 Å². The highest BCUT2D eigenvalue weighted by molar-refractivity contribution is 5.56. The van der Waals surface area contributed by atoms with Crippen LogP contribution in [0.3, 0.4) is 0 Å². The SMILES string of the molecule is COc1ccc(Cn2cc(-c3ccc(Cn4ccnc4)cn3)cn2)cc1. The van der Waals surface area contributed by atoms with Crippen molar-refractivity contribution in [1.82, 2.24) is 24.3 Å². The van der Waals surface area contributed by atoms with Gasteiger partial charge in [-0.25, -0.2) is 4.98 Å². The Kier molecular flexibility index (Phi) is 4.47. The van der Waals surface area contributed by atoms with Crippen molar-refractivity contribution in [3.05, 3.63) is 84.8 Å². The standard InChI is InChI=1S/C20H19N5O/c1-26-19-5-2-16(3-6-19)13-25-14-18(11-23-25)20-7-4-17(10-22-20)12-24-9-8-21-15-24/h2-11,14-15H,12-13H2,1H3. The molecule has 0 radical (unpaired) electrons. The molecule has 1 aromatic carbocycles. The van der Waals surface area contributed by atoms with Gasteiger partial charge in [-0.05, 0) is 29.3 Å². The molecule has 0 saturated heterocycles. The van der Waals surface area contributed by atoms with Gasteiger partial charge in [0.15, 0.2) is 0 Å². The van der Waals surface area contributed by atoms with Crippen LogP contribution < -0.4 is 4.74 Å². The van der Waals surface area contributed by atoms with Gasteiger partial charge in [0, 0.05) is 36.9 Å². The van der Waals surface area contributed by atoms with E-state index in [-0.39, 0.29) is 0 Å². The number of imidazole rings is 1. The quantitative estimate of drug-likeness (QED) is 0.538. The summed E-state index contributed by atoms with van der Waals surface area (Å²) in [4.78, 5) is 8.62. The zero-order valence-electron chi connectivity index (χ0n) is 14.5. The molecule has 6 nitrogen and oxygen atoms in total. The van der Waals surface area contributed by atoms with E-state index in [1.807, 2.05) is 64.4 Å². The number of aromatic nitrogens is 5. The average Bonchev–Trinajstić information content (AvgIpc) is 3.35. The number of methoxy groups -OCH3 is 1. The molecule has 4 rings (SSSR count). The molecule has 0 amide bonds. The van der Waals surface area contributed by atoms with Gasteiger partial charge >= 0.3 is 0 Å². The van der Waals surface area contributed by atoms with E-state index in [4.69, 9.17) is 4.74 Å². The third-order valence-corrected chi connectivity index (χ3v) is 4.18. The Morgan fingerprint density at radius 1 is 0.962 bits per heavy atom. The van der Waals surface area contributed by atoms with Crippen molar-refractivity contribution in [1.29, 1.82) is 0 Å². The van der Waals surface area contributed by atoms with Crippen LogP contribution in [-0.2, 0) is 13.1 Å². The predicted octanol–water partition coefficient (Wildman–Crippen LogP) is 3.25. The van der Waals surface area contributed by atoms with Crippen LogP contribution in [0.4, 0.5) is 0 Å². The molecule has 130 valence electrons. The summed E-state index contributed by atoms with van der Waals surface area (Å²) in [6, 6.07) is 12.1. The fourth-order valence-electron chi connectivity index (χ4n) is 2.78. The predicted molar refractivity (Wildman–Crippen MR) is 98.9 cm³/mol. The zero-order valence-corrected chi connectivity index (χ0v) is 14.5. The monoisotopic (exact) mass is 345 g/mol. The molecule has 0 unspecified atom stereocenters. The topological polar surface area (TPSA) is 57.8 Å². The molecule has 26 heavy (non-hydrogen) atoms. The van der Waals surface area contributed by atoms with Crippen LogP contribution in [0.15, 0.2) is 73.7 Å². The first-order chi connectivity index (χ1) is 12.8.